The highest BCUT2D eigenvalue weighted by atomic mass is 32.1. The minimum Gasteiger partial charge on any atom is -0.393 e. The lowest BCUT2D eigenvalue weighted by Crippen LogP contribution is -2.12. The van der Waals surface area contributed by atoms with Crippen LogP contribution in [0.15, 0.2) is 23.2 Å². The SMILES string of the molecule is Cc1nnc2n1-c1sc3c(c1C(c1c(F)cccc1F)=N[C@H]2C)CCC[C@@H](O)C3. The maximum Gasteiger partial charge on any atom is 0.162 e. The van der Waals surface area contributed by atoms with E-state index in [0.29, 0.717) is 30.2 Å². The summed E-state index contributed by atoms with van der Waals surface area (Å²) in [6, 6.07) is 3.48. The number of fused-ring (bicyclic) bond motifs is 5. The average Bonchev–Trinajstić information content (AvgIpc) is 3.11. The Labute approximate surface area is 170 Å². The number of aliphatic imine (C=N–C) groups is 1. The Bertz CT molecular complexity index is 1130. The number of nitrogens with zero attached hydrogens (tertiary/aromatic N) is 4. The normalized spacial score (nSPS) is 20.9. The van der Waals surface area contributed by atoms with Gasteiger partial charge < -0.3 is 5.11 Å². The molecule has 0 fully saturated rings. The maximum atomic E-state index is 14.8. The van der Waals surface area contributed by atoms with Gasteiger partial charge in [0.05, 0.1) is 17.4 Å². The lowest BCUT2D eigenvalue weighted by atomic mass is 9.96. The van der Waals surface area contributed by atoms with Gasteiger partial charge in [-0.25, -0.2) is 8.78 Å². The van der Waals surface area contributed by atoms with E-state index < -0.39 is 23.8 Å². The molecule has 1 N–H and O–H groups in total. The lowest BCUT2D eigenvalue weighted by molar-refractivity contribution is 0.166. The molecule has 3 heterocycles. The van der Waals surface area contributed by atoms with E-state index in [9.17, 15) is 13.9 Å². The zero-order chi connectivity index (χ0) is 20.3. The summed E-state index contributed by atoms with van der Waals surface area (Å²) in [5.41, 5.74) is 1.98. The van der Waals surface area contributed by atoms with Crippen LogP contribution in [0.5, 0.6) is 0 Å². The molecular formula is C21H20F2N4OS. The van der Waals surface area contributed by atoms with Gasteiger partial charge in [0.1, 0.15) is 28.5 Å². The minimum absolute atomic E-state index is 0.109. The summed E-state index contributed by atoms with van der Waals surface area (Å²) in [5.74, 6) is 0.0813. The fraction of sp³-hybridized carbons (Fsp3) is 0.381. The lowest BCUT2D eigenvalue weighted by Gasteiger charge is -2.12. The van der Waals surface area contributed by atoms with Gasteiger partial charge in [-0.2, -0.15) is 0 Å². The molecule has 2 aromatic heterocycles. The third kappa shape index (κ3) is 2.85. The van der Waals surface area contributed by atoms with Crippen molar-refractivity contribution >= 4 is 17.0 Å². The number of aliphatic hydroxyl groups is 1. The summed E-state index contributed by atoms with van der Waals surface area (Å²) in [4.78, 5) is 5.79. The zero-order valence-electron chi connectivity index (χ0n) is 16.1. The molecular weight excluding hydrogens is 394 g/mol. The van der Waals surface area contributed by atoms with Crippen molar-refractivity contribution in [3.05, 3.63) is 63.0 Å². The van der Waals surface area contributed by atoms with Crippen LogP contribution in [-0.4, -0.2) is 31.7 Å². The van der Waals surface area contributed by atoms with Crippen molar-refractivity contribution in [2.45, 2.75) is 51.7 Å². The van der Waals surface area contributed by atoms with E-state index in [1.807, 2.05) is 18.4 Å². The molecule has 1 aliphatic carbocycles. The number of aromatic nitrogens is 3. The van der Waals surface area contributed by atoms with Gasteiger partial charge in [-0.3, -0.25) is 9.56 Å². The molecule has 0 unspecified atom stereocenters. The van der Waals surface area contributed by atoms with Crippen molar-refractivity contribution in [3.63, 3.8) is 0 Å². The quantitative estimate of drug-likeness (QED) is 0.611. The largest absolute Gasteiger partial charge is 0.393 e. The second-order valence-electron chi connectivity index (χ2n) is 7.63. The predicted molar refractivity (Wildman–Crippen MR) is 107 cm³/mol. The Hall–Kier alpha value is -2.45. The molecule has 8 heteroatoms. The third-order valence-electron chi connectivity index (χ3n) is 5.64. The van der Waals surface area contributed by atoms with Crippen molar-refractivity contribution in [2.24, 2.45) is 4.99 Å². The standard InChI is InChI=1S/C21H20F2N4OS/c1-10-20-26-25-11(2)27(20)21-17(13-6-3-5-12(28)9-16(13)29-21)19(24-10)18-14(22)7-4-8-15(18)23/h4,7-8,10,12,28H,3,5-6,9H2,1-2H3/t10-,12+/m0/s1. The van der Waals surface area contributed by atoms with Crippen LogP contribution in [0, 0.1) is 18.6 Å². The Balaban J connectivity index is 1.86. The van der Waals surface area contributed by atoms with Crippen LogP contribution in [0.2, 0.25) is 0 Å². The van der Waals surface area contributed by atoms with E-state index >= 15 is 0 Å². The molecule has 2 aliphatic rings. The van der Waals surface area contributed by atoms with Crippen LogP contribution in [0.25, 0.3) is 5.00 Å². The Morgan fingerprint density at radius 3 is 2.69 bits per heavy atom. The van der Waals surface area contributed by atoms with E-state index in [-0.39, 0.29) is 5.56 Å². The first kappa shape index (κ1) is 18.6. The minimum atomic E-state index is -0.634. The van der Waals surface area contributed by atoms with Gasteiger partial charge in [0.25, 0.3) is 0 Å². The van der Waals surface area contributed by atoms with Crippen molar-refractivity contribution in [2.75, 3.05) is 0 Å². The highest BCUT2D eigenvalue weighted by Crippen LogP contribution is 2.42. The van der Waals surface area contributed by atoms with Gasteiger partial charge in [0.2, 0.25) is 0 Å². The molecule has 2 atom stereocenters. The van der Waals surface area contributed by atoms with E-state index in [1.54, 1.807) is 0 Å². The van der Waals surface area contributed by atoms with Gasteiger partial charge in [-0.05, 0) is 50.8 Å². The molecule has 1 aliphatic heterocycles. The summed E-state index contributed by atoms with van der Waals surface area (Å²) in [7, 11) is 0. The topological polar surface area (TPSA) is 63.3 Å². The monoisotopic (exact) mass is 414 g/mol. The molecule has 0 saturated heterocycles. The van der Waals surface area contributed by atoms with E-state index in [2.05, 4.69) is 10.2 Å². The van der Waals surface area contributed by atoms with Crippen molar-refractivity contribution in [1.82, 2.24) is 14.8 Å². The summed E-state index contributed by atoms with van der Waals surface area (Å²) < 4.78 is 31.6. The molecule has 3 aromatic rings. The molecule has 0 radical (unpaired) electrons. The van der Waals surface area contributed by atoms with Gasteiger partial charge in [-0.15, -0.1) is 21.5 Å². The van der Waals surface area contributed by atoms with Crippen LogP contribution < -0.4 is 0 Å². The molecule has 0 amide bonds. The summed E-state index contributed by atoms with van der Waals surface area (Å²) >= 11 is 1.54. The maximum absolute atomic E-state index is 14.8. The number of aryl methyl sites for hydroxylation is 1. The molecule has 1 aromatic carbocycles. The second kappa shape index (κ2) is 6.81. The Kier molecular flexibility index (Phi) is 4.36. The summed E-state index contributed by atoms with van der Waals surface area (Å²) in [6.45, 7) is 3.72. The smallest absolute Gasteiger partial charge is 0.162 e. The molecule has 150 valence electrons. The summed E-state index contributed by atoms with van der Waals surface area (Å²) in [5, 5.41) is 19.6. The second-order valence-corrected chi connectivity index (χ2v) is 8.71. The first-order valence-electron chi connectivity index (χ1n) is 9.73. The number of hydrogen-bond donors (Lipinski definition) is 1. The Morgan fingerprint density at radius 1 is 1.17 bits per heavy atom. The fourth-order valence-corrected chi connectivity index (χ4v) is 5.76. The van der Waals surface area contributed by atoms with E-state index in [4.69, 9.17) is 4.99 Å². The number of aliphatic hydroxyl groups excluding tert-OH is 1. The first-order chi connectivity index (χ1) is 14.0. The fourth-order valence-electron chi connectivity index (χ4n) is 4.29. The van der Waals surface area contributed by atoms with Crippen molar-refractivity contribution in [3.8, 4) is 5.00 Å². The average molecular weight is 414 g/mol. The highest BCUT2D eigenvalue weighted by Gasteiger charge is 2.34. The molecule has 5 rings (SSSR count). The molecule has 0 saturated carbocycles. The van der Waals surface area contributed by atoms with Gasteiger partial charge in [0, 0.05) is 16.9 Å². The molecule has 0 bridgehead atoms. The summed E-state index contributed by atoms with van der Waals surface area (Å²) in [6.07, 6.45) is 2.38. The van der Waals surface area contributed by atoms with Crippen LogP contribution in [0.3, 0.4) is 0 Å². The predicted octanol–water partition coefficient (Wildman–Crippen LogP) is 4.07. The number of thiophene rings is 1. The zero-order valence-corrected chi connectivity index (χ0v) is 16.9. The van der Waals surface area contributed by atoms with Crippen LogP contribution >= 0.6 is 11.3 Å². The van der Waals surface area contributed by atoms with E-state index in [0.717, 1.165) is 33.8 Å². The number of halogens is 2. The van der Waals surface area contributed by atoms with Gasteiger partial charge in [-0.1, -0.05) is 6.07 Å². The Morgan fingerprint density at radius 2 is 1.93 bits per heavy atom. The molecule has 29 heavy (non-hydrogen) atoms. The van der Waals surface area contributed by atoms with E-state index in [1.165, 1.54) is 29.5 Å². The number of hydrogen-bond acceptors (Lipinski definition) is 5. The van der Waals surface area contributed by atoms with Crippen molar-refractivity contribution < 1.29 is 13.9 Å². The van der Waals surface area contributed by atoms with Crippen LogP contribution in [0.4, 0.5) is 8.78 Å². The molecule has 0 spiro atoms. The highest BCUT2D eigenvalue weighted by molar-refractivity contribution is 7.15. The number of rotatable bonds is 1. The van der Waals surface area contributed by atoms with Crippen LogP contribution in [-0.2, 0) is 12.8 Å². The first-order valence-corrected chi connectivity index (χ1v) is 10.5. The van der Waals surface area contributed by atoms with Gasteiger partial charge >= 0.3 is 0 Å². The van der Waals surface area contributed by atoms with Crippen molar-refractivity contribution in [1.29, 1.82) is 0 Å². The molecule has 5 nitrogen and oxygen atoms in total. The van der Waals surface area contributed by atoms with Gasteiger partial charge in [0.15, 0.2) is 5.82 Å². The third-order valence-corrected chi connectivity index (χ3v) is 6.88. The van der Waals surface area contributed by atoms with Crippen LogP contribution in [0.1, 0.15) is 59.0 Å². The number of benzene rings is 1.